The van der Waals surface area contributed by atoms with Gasteiger partial charge in [0.25, 0.3) is 0 Å². The average Bonchev–Trinajstić information content (AvgIpc) is 1.46. The molecule has 16 aliphatic carbocycles. The van der Waals surface area contributed by atoms with Gasteiger partial charge in [-0.25, -0.2) is 4.79 Å². The van der Waals surface area contributed by atoms with E-state index in [1.54, 1.807) is 16.7 Å². The van der Waals surface area contributed by atoms with Gasteiger partial charge in [-0.2, -0.15) is 0 Å². The molecule has 0 heterocycles. The highest BCUT2D eigenvalue weighted by Crippen LogP contribution is 2.70. The normalized spacial score (nSPS) is 41.8. The molecule has 24 atom stereocenters. The number of hydrogen-bond acceptors (Lipinski definition) is 12. The highest BCUT2D eigenvalue weighted by Gasteiger charge is 2.64. The molecule has 15 heteroatoms. The number of fused-ring (bicyclic) bond motifs is 20. The standard InChI is InChI=1S/C27H44O3Si.C25H42O2Si.C25H40O2Si.C19H28O2.C5H8O3/c1-18(28)29-24-12-11-22-21-10-9-19-17-20(30-31(7,8)25(2,3)4)13-15-26(19,5)23(21)14-16-27(22,24)6;2*1-23(2,3)28(6,7)27-18-12-14-24(4)17(16-18)8-9-19-20-10-11-22(26)25(20,5)15-13-21(19)24;1-18-9-7-13(20)11-12(18)3-4-14-15-5-6-17(21)19(15,2)10-8-16(14)18;1-3-4-8-5(6)7-2/h9,12,20-23H,10-11,13-17H2,1-8H3;8,18-21H,9-16H2,1-7H3;8,10-11,18-21H,9,12-16H2,1-7H3;3,13-16,20H,4-11H2,1-2H3;3H,1,4H2,2H3/t20-,21?,22?,23?,26-,27-;2*18-,19?,20?,21?,24-,25-;13-,14?,15?,16?,18-,19-;/m0000./s1. The number of ether oxygens (including phenoxy) is 3. The summed E-state index contributed by atoms with van der Waals surface area (Å²) in [4.78, 5) is 59.2. The van der Waals surface area contributed by atoms with E-state index in [1.807, 2.05) is 6.08 Å². The maximum Gasteiger partial charge on any atom is 0.508 e. The van der Waals surface area contributed by atoms with E-state index in [0.29, 0.717) is 98.7 Å². The lowest BCUT2D eigenvalue weighted by molar-refractivity contribution is -0.140. The van der Waals surface area contributed by atoms with Crippen LogP contribution in [0.15, 0.2) is 83.2 Å². The largest absolute Gasteiger partial charge is 0.508 e. The van der Waals surface area contributed by atoms with Crippen LogP contribution >= 0.6 is 0 Å². The van der Waals surface area contributed by atoms with E-state index >= 15 is 0 Å². The van der Waals surface area contributed by atoms with Gasteiger partial charge >= 0.3 is 12.1 Å². The lowest BCUT2D eigenvalue weighted by atomic mass is 9.48. The van der Waals surface area contributed by atoms with Gasteiger partial charge in [0, 0.05) is 59.7 Å². The summed E-state index contributed by atoms with van der Waals surface area (Å²) in [6.45, 7) is 59.7. The fraction of sp³-hybridized carbons (Fsp3) is 0.812. The van der Waals surface area contributed by atoms with Gasteiger partial charge in [0.15, 0.2) is 30.7 Å². The summed E-state index contributed by atoms with van der Waals surface area (Å²) in [6.07, 6.45) is 51.3. The van der Waals surface area contributed by atoms with Gasteiger partial charge in [-0.1, -0.05) is 183 Å². The van der Waals surface area contributed by atoms with E-state index in [0.717, 1.165) is 145 Å². The van der Waals surface area contributed by atoms with Crippen LogP contribution in [0.25, 0.3) is 0 Å². The number of carbonyl (C=O) groups is 5. The molecular formula is C101H162O12Si3. The van der Waals surface area contributed by atoms with E-state index < -0.39 is 31.1 Å². The molecular weight excluding hydrogens is 1490 g/mol. The summed E-state index contributed by atoms with van der Waals surface area (Å²) in [5.74, 6) is 10.4. The van der Waals surface area contributed by atoms with Crippen LogP contribution in [0.5, 0.6) is 0 Å². The first-order chi connectivity index (χ1) is 53.8. The molecule has 0 radical (unpaired) electrons. The number of methoxy groups -OCH3 is 1. The number of ketones is 3. The average molecular weight is 1650 g/mol. The SMILES string of the molecule is C=CCOC(=O)OC.CC(=O)OC1=CCC2C3CC=C4C[C@@H](O[Si](C)(C)C(C)(C)C)CC[C@]4(C)C3CC[C@]12C.CC(C)(C)[Si](C)(C)O[C@H]1CC[C@@]2(C)C(=CCC3C2CC[C@]2(C)C(=O)C=CC32)C1.CC(C)(C)[Si](C)(C)O[C@H]1CC[C@@]2(C)C(=CCC3C2CC[C@]2(C)C(=O)CCC32)C1.C[C@]12CC[C@H](O)CC1=CCC1C2CC[C@]2(C)C(=O)CCC12. The zero-order chi connectivity index (χ0) is 85.1. The minimum absolute atomic E-state index is 0.00842. The van der Waals surface area contributed by atoms with Crippen molar-refractivity contribution >= 4 is 54.4 Å². The molecule has 0 spiro atoms. The summed E-state index contributed by atoms with van der Waals surface area (Å²) >= 11 is 0. The maximum absolute atomic E-state index is 12.6. The predicted octanol–water partition coefficient (Wildman–Crippen LogP) is 25.8. The van der Waals surface area contributed by atoms with Crippen molar-refractivity contribution in [1.82, 2.24) is 0 Å². The minimum atomic E-state index is -1.73. The number of esters is 1. The predicted molar refractivity (Wildman–Crippen MR) is 478 cm³/mol. The van der Waals surface area contributed by atoms with Crippen molar-refractivity contribution in [2.24, 2.45) is 114 Å². The molecule has 12 nitrogen and oxygen atoms in total. The first-order valence-electron chi connectivity index (χ1n) is 46.8. The summed E-state index contributed by atoms with van der Waals surface area (Å²) in [5.41, 5.74) is 7.74. The second-order valence-corrected chi connectivity index (χ2v) is 61.3. The third kappa shape index (κ3) is 16.8. The molecule has 0 bridgehead atoms. The Morgan fingerprint density at radius 3 is 1.16 bits per heavy atom. The van der Waals surface area contributed by atoms with Crippen molar-refractivity contribution in [3.05, 3.63) is 83.2 Å². The molecule has 1 N–H and O–H groups in total. The Balaban J connectivity index is 0.000000139. The van der Waals surface area contributed by atoms with Gasteiger partial charge in [0.05, 0.1) is 13.2 Å². The molecule has 12 unspecified atom stereocenters. The van der Waals surface area contributed by atoms with Crippen LogP contribution in [0, 0.1) is 114 Å². The monoisotopic (exact) mass is 1650 g/mol. The zero-order valence-electron chi connectivity index (χ0n) is 77.7. The van der Waals surface area contributed by atoms with Gasteiger partial charge in [-0.3, -0.25) is 19.2 Å². The van der Waals surface area contributed by atoms with Crippen LogP contribution in [-0.2, 0) is 46.7 Å². The molecule has 0 aromatic heterocycles. The molecule has 0 saturated heterocycles. The first kappa shape index (κ1) is 91.6. The number of aliphatic hydroxyl groups excluding tert-OH is 1. The fourth-order valence-electron chi connectivity index (χ4n) is 27.5. The first-order valence-corrected chi connectivity index (χ1v) is 55.5. The number of Topliss-reactive ketones (excluding diaryl/α,β-unsaturated/α-hetero) is 2. The number of hydrogen-bond donors (Lipinski definition) is 1. The fourth-order valence-corrected chi connectivity index (χ4v) is 31.6. The Bertz CT molecular complexity index is 3880. The lowest BCUT2D eigenvalue weighted by Crippen LogP contribution is -2.52. The Kier molecular flexibility index (Phi) is 26.2. The van der Waals surface area contributed by atoms with Gasteiger partial charge in [0.1, 0.15) is 23.9 Å². The quantitative estimate of drug-likeness (QED) is 0.132. The van der Waals surface area contributed by atoms with Crippen LogP contribution < -0.4 is 0 Å². The van der Waals surface area contributed by atoms with E-state index in [-0.39, 0.29) is 55.5 Å². The van der Waals surface area contributed by atoms with Crippen molar-refractivity contribution in [3.63, 3.8) is 0 Å². The van der Waals surface area contributed by atoms with Crippen LogP contribution in [-0.4, -0.2) is 97.7 Å². The van der Waals surface area contributed by atoms with Crippen molar-refractivity contribution < 1.29 is 56.6 Å². The molecule has 16 aliphatic rings. The van der Waals surface area contributed by atoms with Gasteiger partial charge < -0.3 is 32.6 Å². The van der Waals surface area contributed by atoms with Crippen molar-refractivity contribution in [3.8, 4) is 0 Å². The molecule has 0 aromatic rings. The molecule has 16 rings (SSSR count). The molecule has 0 amide bonds. The van der Waals surface area contributed by atoms with Crippen LogP contribution in [0.1, 0.15) is 311 Å². The van der Waals surface area contributed by atoms with Crippen LogP contribution in [0.4, 0.5) is 4.79 Å². The van der Waals surface area contributed by atoms with E-state index in [4.69, 9.17) is 18.0 Å². The summed E-state index contributed by atoms with van der Waals surface area (Å²) in [5, 5.41) is 10.8. The lowest BCUT2D eigenvalue weighted by Gasteiger charge is -2.58. The number of allylic oxidation sites excluding steroid dienone is 8. The van der Waals surface area contributed by atoms with Gasteiger partial charge in [-0.15, -0.1) is 0 Å². The third-order valence-corrected chi connectivity index (χ3v) is 51.6. The smallest absolute Gasteiger partial charge is 0.438 e. The highest BCUT2D eigenvalue weighted by atomic mass is 28.4. The Morgan fingerprint density at radius 1 is 0.448 bits per heavy atom. The maximum atomic E-state index is 12.6. The molecule has 0 aromatic carbocycles. The number of aliphatic hydroxyl groups is 1. The molecule has 10 fully saturated rings. The number of rotatable bonds is 9. The van der Waals surface area contributed by atoms with E-state index in [1.165, 1.54) is 103 Å². The third-order valence-electron chi connectivity index (χ3n) is 38.0. The van der Waals surface area contributed by atoms with E-state index in [2.05, 4.69) is 209 Å². The van der Waals surface area contributed by atoms with Crippen molar-refractivity contribution in [2.45, 2.75) is 390 Å². The Hall–Kier alpha value is -3.58. The van der Waals surface area contributed by atoms with Crippen LogP contribution in [0.2, 0.25) is 54.4 Å². The zero-order valence-corrected chi connectivity index (χ0v) is 80.7. The second kappa shape index (κ2) is 33.2. The second-order valence-electron chi connectivity index (χ2n) is 47.0. The number of carbonyl (C=O) groups excluding carboxylic acids is 5. The van der Waals surface area contributed by atoms with E-state index in [9.17, 15) is 29.1 Å². The van der Waals surface area contributed by atoms with Crippen molar-refractivity contribution in [2.75, 3.05) is 13.7 Å². The molecule has 0 aliphatic heterocycles. The molecule has 116 heavy (non-hydrogen) atoms. The van der Waals surface area contributed by atoms with Crippen molar-refractivity contribution in [1.29, 1.82) is 0 Å². The molecule has 10 saturated carbocycles. The summed E-state index contributed by atoms with van der Waals surface area (Å²) < 4.78 is 34.7. The molecule has 650 valence electrons. The topological polar surface area (TPSA) is 161 Å². The van der Waals surface area contributed by atoms with Gasteiger partial charge in [0.2, 0.25) is 0 Å². The minimum Gasteiger partial charge on any atom is -0.438 e. The Morgan fingerprint density at radius 2 is 0.784 bits per heavy atom. The van der Waals surface area contributed by atoms with Crippen LogP contribution in [0.3, 0.4) is 0 Å². The summed E-state index contributed by atoms with van der Waals surface area (Å²) in [7, 11) is -3.90. The van der Waals surface area contributed by atoms with Gasteiger partial charge in [-0.05, 0) is 333 Å². The Labute approximate surface area is 707 Å². The highest BCUT2D eigenvalue weighted by molar-refractivity contribution is 6.75. The summed E-state index contributed by atoms with van der Waals surface area (Å²) in [6, 6.07) is 0.